The summed E-state index contributed by atoms with van der Waals surface area (Å²) in [6, 6.07) is 1.78. The monoisotopic (exact) mass is 219 g/mol. The molecule has 0 spiro atoms. The van der Waals surface area contributed by atoms with Gasteiger partial charge in [-0.1, -0.05) is 0 Å². The summed E-state index contributed by atoms with van der Waals surface area (Å²) in [6.45, 7) is 1.92. The lowest BCUT2D eigenvalue weighted by molar-refractivity contribution is 0.390. The Hall–Kier alpha value is -1.91. The van der Waals surface area contributed by atoms with Crippen molar-refractivity contribution in [1.82, 2.24) is 4.98 Å². The minimum atomic E-state index is -0.0383. The van der Waals surface area contributed by atoms with E-state index >= 15 is 0 Å². The summed E-state index contributed by atoms with van der Waals surface area (Å²) in [5.74, 6) is 1.29. The molecule has 0 aliphatic carbocycles. The summed E-state index contributed by atoms with van der Waals surface area (Å²) < 4.78 is 10.3. The summed E-state index contributed by atoms with van der Waals surface area (Å²) in [7, 11) is 3.18. The first-order chi connectivity index (χ1) is 7.74. The van der Waals surface area contributed by atoms with Gasteiger partial charge >= 0.3 is 0 Å². The summed E-state index contributed by atoms with van der Waals surface area (Å²) in [5, 5.41) is 0. The molecule has 5 heteroatoms. The largest absolute Gasteiger partial charge is 0.495 e. The van der Waals surface area contributed by atoms with Crippen molar-refractivity contribution in [2.75, 3.05) is 14.2 Å². The third-order valence-electron chi connectivity index (χ3n) is 2.26. The molecule has 1 unspecified atom stereocenters. The quantitative estimate of drug-likeness (QED) is 0.770. The van der Waals surface area contributed by atoms with Gasteiger partial charge in [0, 0.05) is 6.07 Å². The van der Waals surface area contributed by atoms with E-state index in [-0.39, 0.29) is 6.17 Å². The molecule has 1 aromatic heterocycles. The van der Waals surface area contributed by atoms with Crippen LogP contribution in [-0.2, 0) is 0 Å². The average molecular weight is 219 g/mol. The van der Waals surface area contributed by atoms with Crippen molar-refractivity contribution in [1.29, 1.82) is 0 Å². The van der Waals surface area contributed by atoms with E-state index in [2.05, 4.69) is 15.0 Å². The Kier molecular flexibility index (Phi) is 2.85. The molecular weight excluding hydrogens is 206 g/mol. The lowest BCUT2D eigenvalue weighted by Crippen LogP contribution is -2.06. The van der Waals surface area contributed by atoms with Crippen LogP contribution in [0.3, 0.4) is 0 Å². The molecule has 0 amide bonds. The third kappa shape index (κ3) is 1.88. The zero-order chi connectivity index (χ0) is 11.5. The maximum absolute atomic E-state index is 5.25. The van der Waals surface area contributed by atoms with E-state index in [0.717, 1.165) is 5.71 Å². The Morgan fingerprint density at radius 2 is 2.06 bits per heavy atom. The molecular formula is C11H13N3O2. The normalized spacial score (nSPS) is 18.4. The van der Waals surface area contributed by atoms with Gasteiger partial charge in [-0.25, -0.2) is 4.98 Å². The van der Waals surface area contributed by atoms with Gasteiger partial charge in [-0.15, -0.1) is 0 Å². The Labute approximate surface area is 93.9 Å². The van der Waals surface area contributed by atoms with Gasteiger partial charge < -0.3 is 9.47 Å². The molecule has 1 aliphatic rings. The fraction of sp³-hybridized carbons (Fsp3) is 0.364. The van der Waals surface area contributed by atoms with E-state index in [1.54, 1.807) is 32.7 Å². The van der Waals surface area contributed by atoms with Crippen molar-refractivity contribution in [3.05, 3.63) is 18.0 Å². The maximum atomic E-state index is 5.25. The smallest absolute Gasteiger partial charge is 0.150 e. The highest BCUT2D eigenvalue weighted by molar-refractivity contribution is 6.39. The predicted molar refractivity (Wildman–Crippen MR) is 61.8 cm³/mol. The Bertz CT molecular complexity index is 455. The first kappa shape index (κ1) is 10.6. The van der Waals surface area contributed by atoms with Crippen LogP contribution < -0.4 is 9.47 Å². The van der Waals surface area contributed by atoms with Gasteiger partial charge in [0.2, 0.25) is 0 Å². The second-order valence-electron chi connectivity index (χ2n) is 3.35. The number of ether oxygens (including phenoxy) is 2. The van der Waals surface area contributed by atoms with Crippen LogP contribution in [0, 0.1) is 0 Å². The lowest BCUT2D eigenvalue weighted by atomic mass is 10.2. The summed E-state index contributed by atoms with van der Waals surface area (Å²) in [5.41, 5.74) is 1.43. The van der Waals surface area contributed by atoms with Gasteiger partial charge in [0.1, 0.15) is 29.1 Å². The molecule has 1 aliphatic heterocycles. The molecule has 2 rings (SSSR count). The van der Waals surface area contributed by atoms with E-state index in [4.69, 9.17) is 9.47 Å². The summed E-state index contributed by atoms with van der Waals surface area (Å²) in [4.78, 5) is 12.8. The SMILES string of the molecule is COc1cnc(C2=NC(C)N=C2)c(OC)c1. The van der Waals surface area contributed by atoms with Crippen molar-refractivity contribution < 1.29 is 9.47 Å². The molecule has 84 valence electrons. The molecule has 0 aromatic carbocycles. The molecule has 1 aromatic rings. The van der Waals surface area contributed by atoms with Crippen LogP contribution in [0.5, 0.6) is 11.5 Å². The Morgan fingerprint density at radius 1 is 1.25 bits per heavy atom. The van der Waals surface area contributed by atoms with E-state index in [1.165, 1.54) is 0 Å². The van der Waals surface area contributed by atoms with E-state index < -0.39 is 0 Å². The second kappa shape index (κ2) is 4.30. The van der Waals surface area contributed by atoms with E-state index in [1.807, 2.05) is 6.92 Å². The van der Waals surface area contributed by atoms with Crippen LogP contribution in [0.4, 0.5) is 0 Å². The van der Waals surface area contributed by atoms with Crippen molar-refractivity contribution >= 4 is 11.9 Å². The van der Waals surface area contributed by atoms with Crippen LogP contribution in [0.25, 0.3) is 0 Å². The lowest BCUT2D eigenvalue weighted by Gasteiger charge is -2.07. The van der Waals surface area contributed by atoms with E-state index in [0.29, 0.717) is 17.2 Å². The number of rotatable bonds is 3. The van der Waals surface area contributed by atoms with Gasteiger partial charge in [0.05, 0.1) is 26.6 Å². The second-order valence-corrected chi connectivity index (χ2v) is 3.35. The van der Waals surface area contributed by atoms with Crippen molar-refractivity contribution in [2.24, 2.45) is 9.98 Å². The van der Waals surface area contributed by atoms with Crippen molar-refractivity contribution in [3.63, 3.8) is 0 Å². The van der Waals surface area contributed by atoms with Gasteiger partial charge in [-0.3, -0.25) is 9.98 Å². The van der Waals surface area contributed by atoms with Crippen LogP contribution in [0.15, 0.2) is 22.2 Å². The standard InChI is InChI=1S/C11H13N3O2/c1-7-12-6-9(14-7)11-10(16-3)4-8(15-2)5-13-11/h4-7H,1-3H3. The number of pyridine rings is 1. The fourth-order valence-corrected chi connectivity index (χ4v) is 1.45. The molecule has 0 saturated heterocycles. The van der Waals surface area contributed by atoms with Gasteiger partial charge in [-0.2, -0.15) is 0 Å². The predicted octanol–water partition coefficient (Wildman–Crippen LogP) is 1.32. The number of methoxy groups -OCH3 is 2. The van der Waals surface area contributed by atoms with Crippen LogP contribution >= 0.6 is 0 Å². The highest BCUT2D eigenvalue weighted by atomic mass is 16.5. The highest BCUT2D eigenvalue weighted by Gasteiger charge is 2.16. The molecule has 0 fully saturated rings. The zero-order valence-electron chi connectivity index (χ0n) is 9.47. The summed E-state index contributed by atoms with van der Waals surface area (Å²) in [6.07, 6.45) is 3.31. The molecule has 0 N–H and O–H groups in total. The number of hydrogen-bond donors (Lipinski definition) is 0. The number of hydrogen-bond acceptors (Lipinski definition) is 5. The number of aromatic nitrogens is 1. The topological polar surface area (TPSA) is 56.1 Å². The van der Waals surface area contributed by atoms with Crippen molar-refractivity contribution in [3.8, 4) is 11.5 Å². The minimum absolute atomic E-state index is 0.0383. The minimum Gasteiger partial charge on any atom is -0.495 e. The number of aliphatic imine (C=N–C) groups is 2. The molecule has 16 heavy (non-hydrogen) atoms. The van der Waals surface area contributed by atoms with Crippen LogP contribution in [-0.4, -0.2) is 37.3 Å². The van der Waals surface area contributed by atoms with Gasteiger partial charge in [0.15, 0.2) is 0 Å². The average Bonchev–Trinajstić information content (AvgIpc) is 2.74. The highest BCUT2D eigenvalue weighted by Crippen LogP contribution is 2.23. The summed E-state index contributed by atoms with van der Waals surface area (Å²) >= 11 is 0. The molecule has 0 bridgehead atoms. The molecule has 5 nitrogen and oxygen atoms in total. The molecule has 0 radical (unpaired) electrons. The fourth-order valence-electron chi connectivity index (χ4n) is 1.45. The molecule has 2 heterocycles. The van der Waals surface area contributed by atoms with E-state index in [9.17, 15) is 0 Å². The van der Waals surface area contributed by atoms with Crippen LogP contribution in [0.1, 0.15) is 12.6 Å². The Morgan fingerprint density at radius 3 is 2.62 bits per heavy atom. The van der Waals surface area contributed by atoms with Crippen LogP contribution in [0.2, 0.25) is 0 Å². The molecule has 0 saturated carbocycles. The van der Waals surface area contributed by atoms with Crippen molar-refractivity contribution in [2.45, 2.75) is 13.1 Å². The third-order valence-corrected chi connectivity index (χ3v) is 2.26. The Balaban J connectivity index is 2.41. The zero-order valence-corrected chi connectivity index (χ0v) is 9.47. The molecule has 1 atom stereocenters. The first-order valence-electron chi connectivity index (χ1n) is 4.94. The first-order valence-corrected chi connectivity index (χ1v) is 4.94. The number of nitrogens with zero attached hydrogens (tertiary/aromatic N) is 3. The van der Waals surface area contributed by atoms with Gasteiger partial charge in [0.25, 0.3) is 0 Å². The van der Waals surface area contributed by atoms with Gasteiger partial charge in [-0.05, 0) is 6.92 Å². The maximum Gasteiger partial charge on any atom is 0.150 e.